The van der Waals surface area contributed by atoms with Crippen LogP contribution >= 0.6 is 0 Å². The zero-order valence-corrected chi connectivity index (χ0v) is 14.9. The van der Waals surface area contributed by atoms with Crippen LogP contribution in [0.5, 0.6) is 5.75 Å². The smallest absolute Gasteiger partial charge is 0.126 e. The topological polar surface area (TPSA) is 61.0 Å². The van der Waals surface area contributed by atoms with Crippen molar-refractivity contribution in [3.8, 4) is 5.75 Å². The fourth-order valence-corrected chi connectivity index (χ4v) is 2.63. The standard InChI is InChI=1S/C20H25N3O/c1-6-8-17-19(14(5)22-12-23-17)20(21)15-9-10-18(24-7-2)16(11-15)13(3)4/h8-12H,3,6-7,21H2,1-2,4-5H3. The minimum Gasteiger partial charge on any atom is -0.493 e. The van der Waals surface area contributed by atoms with Crippen molar-refractivity contribution in [3.05, 3.63) is 58.5 Å². The molecule has 0 amide bonds. The van der Waals surface area contributed by atoms with Gasteiger partial charge in [-0.3, -0.25) is 0 Å². The number of nitrogens with two attached hydrogens (primary N) is 1. The summed E-state index contributed by atoms with van der Waals surface area (Å²) in [7, 11) is 0. The molecule has 2 aromatic rings. The molecule has 2 rings (SSSR count). The summed E-state index contributed by atoms with van der Waals surface area (Å²) in [6, 6.07) is 5.93. The molecule has 0 bridgehead atoms. The van der Waals surface area contributed by atoms with Gasteiger partial charge in [0, 0.05) is 10.8 Å². The Balaban J connectivity index is 2.75. The highest BCUT2D eigenvalue weighted by molar-refractivity contribution is 5.73. The van der Waals surface area contributed by atoms with E-state index in [4.69, 9.17) is 10.5 Å². The zero-order valence-electron chi connectivity index (χ0n) is 14.9. The molecule has 0 saturated carbocycles. The highest BCUT2D eigenvalue weighted by Gasteiger charge is 2.09. The van der Waals surface area contributed by atoms with Crippen LogP contribution in [0.1, 0.15) is 44.0 Å². The summed E-state index contributed by atoms with van der Waals surface area (Å²) >= 11 is 0. The number of hydrogen-bond donors (Lipinski definition) is 1. The van der Waals surface area contributed by atoms with Crippen LogP contribution in [0, 0.1) is 6.92 Å². The van der Waals surface area contributed by atoms with Crippen molar-refractivity contribution in [2.24, 2.45) is 5.73 Å². The molecule has 2 N–H and O–H groups in total. The number of nitrogens with zero attached hydrogens (tertiary/aromatic N) is 2. The first-order valence-corrected chi connectivity index (χ1v) is 8.20. The lowest BCUT2D eigenvalue weighted by atomic mass is 10.0. The summed E-state index contributed by atoms with van der Waals surface area (Å²) in [6.45, 7) is 12.6. The molecule has 4 nitrogen and oxygen atoms in total. The van der Waals surface area contributed by atoms with Gasteiger partial charge in [-0.1, -0.05) is 19.6 Å². The summed E-state index contributed by atoms with van der Waals surface area (Å²) in [4.78, 5) is 8.67. The zero-order chi connectivity index (χ0) is 17.7. The van der Waals surface area contributed by atoms with E-state index in [1.807, 2.05) is 39.0 Å². The predicted octanol–water partition coefficient (Wildman–Crippen LogP) is 2.52. The lowest BCUT2D eigenvalue weighted by Crippen LogP contribution is -2.36. The van der Waals surface area contributed by atoms with E-state index in [0.29, 0.717) is 12.3 Å². The first kappa shape index (κ1) is 17.7. The number of hydrogen-bond acceptors (Lipinski definition) is 4. The maximum Gasteiger partial charge on any atom is 0.126 e. The third-order valence-corrected chi connectivity index (χ3v) is 3.78. The third-order valence-electron chi connectivity index (χ3n) is 3.78. The first-order chi connectivity index (χ1) is 11.5. The van der Waals surface area contributed by atoms with Gasteiger partial charge >= 0.3 is 0 Å². The average molecular weight is 323 g/mol. The Kier molecular flexibility index (Phi) is 5.74. The van der Waals surface area contributed by atoms with Crippen LogP contribution in [0.2, 0.25) is 0 Å². The lowest BCUT2D eigenvalue weighted by Gasteiger charge is -2.13. The van der Waals surface area contributed by atoms with Crippen molar-refractivity contribution in [1.82, 2.24) is 9.97 Å². The molecule has 0 fully saturated rings. The van der Waals surface area contributed by atoms with E-state index in [1.165, 1.54) is 0 Å². The van der Waals surface area contributed by atoms with Crippen LogP contribution in [0.15, 0.2) is 31.1 Å². The summed E-state index contributed by atoms with van der Waals surface area (Å²) in [5, 5.41) is 1.75. The highest BCUT2D eigenvalue weighted by atomic mass is 16.5. The predicted molar refractivity (Wildman–Crippen MR) is 99.8 cm³/mol. The van der Waals surface area contributed by atoms with E-state index in [0.717, 1.165) is 45.1 Å². The normalized spacial score (nSPS) is 12.9. The number of rotatable bonds is 5. The molecule has 1 heterocycles. The Hall–Kier alpha value is -2.62. The van der Waals surface area contributed by atoms with Gasteiger partial charge < -0.3 is 10.5 Å². The van der Waals surface area contributed by atoms with E-state index in [9.17, 15) is 0 Å². The van der Waals surface area contributed by atoms with Crippen LogP contribution in [0.25, 0.3) is 17.3 Å². The number of aryl methyl sites for hydroxylation is 1. The largest absolute Gasteiger partial charge is 0.493 e. The van der Waals surface area contributed by atoms with Gasteiger partial charge in [0.15, 0.2) is 0 Å². The lowest BCUT2D eigenvalue weighted by molar-refractivity contribution is 0.339. The third kappa shape index (κ3) is 3.65. The number of ether oxygens (including phenoxy) is 1. The Labute approximate surface area is 143 Å². The van der Waals surface area contributed by atoms with Crippen molar-refractivity contribution in [2.45, 2.75) is 34.1 Å². The highest BCUT2D eigenvalue weighted by Crippen LogP contribution is 2.27. The van der Waals surface area contributed by atoms with Gasteiger partial charge in [-0.05, 0) is 56.5 Å². The molecule has 0 aliphatic rings. The van der Waals surface area contributed by atoms with E-state index in [1.54, 1.807) is 6.33 Å². The summed E-state index contributed by atoms with van der Waals surface area (Å²) in [5.41, 5.74) is 10.8. The second kappa shape index (κ2) is 7.77. The fourth-order valence-electron chi connectivity index (χ4n) is 2.63. The van der Waals surface area contributed by atoms with E-state index in [-0.39, 0.29) is 0 Å². The van der Waals surface area contributed by atoms with Crippen LogP contribution < -0.4 is 21.0 Å². The van der Waals surface area contributed by atoms with Crippen LogP contribution in [-0.4, -0.2) is 16.6 Å². The van der Waals surface area contributed by atoms with Gasteiger partial charge in [-0.2, -0.15) is 0 Å². The van der Waals surface area contributed by atoms with Crippen molar-refractivity contribution >= 4 is 17.3 Å². The number of benzene rings is 1. The minimum atomic E-state index is 0.611. The first-order valence-electron chi connectivity index (χ1n) is 8.20. The van der Waals surface area contributed by atoms with E-state index < -0.39 is 0 Å². The molecule has 1 aromatic heterocycles. The van der Waals surface area contributed by atoms with Gasteiger partial charge in [-0.15, -0.1) is 0 Å². The molecule has 0 spiro atoms. The quantitative estimate of drug-likeness (QED) is 0.918. The second-order valence-electron chi connectivity index (χ2n) is 5.67. The molecule has 0 aliphatic heterocycles. The maximum absolute atomic E-state index is 6.49. The van der Waals surface area contributed by atoms with Crippen LogP contribution in [0.4, 0.5) is 0 Å². The molecule has 0 saturated heterocycles. The molecule has 0 atom stereocenters. The maximum atomic E-state index is 6.49. The summed E-state index contributed by atoms with van der Waals surface area (Å²) < 4.78 is 5.68. The van der Waals surface area contributed by atoms with Crippen LogP contribution in [-0.2, 0) is 0 Å². The van der Waals surface area contributed by atoms with E-state index >= 15 is 0 Å². The molecular weight excluding hydrogens is 298 g/mol. The average Bonchev–Trinajstić information content (AvgIpc) is 2.55. The SMILES string of the molecule is C=C(C)c1cc(C(N)=c2c(C)ncnc2=CCC)ccc1OCC. The molecule has 126 valence electrons. The van der Waals surface area contributed by atoms with Crippen molar-refractivity contribution in [3.63, 3.8) is 0 Å². The molecule has 24 heavy (non-hydrogen) atoms. The Morgan fingerprint density at radius 1 is 1.29 bits per heavy atom. The van der Waals surface area contributed by atoms with Gasteiger partial charge in [0.05, 0.1) is 23.3 Å². The Morgan fingerprint density at radius 3 is 2.67 bits per heavy atom. The van der Waals surface area contributed by atoms with E-state index in [2.05, 4.69) is 29.5 Å². The Morgan fingerprint density at radius 2 is 2.04 bits per heavy atom. The molecule has 0 unspecified atom stereocenters. The van der Waals surface area contributed by atoms with Gasteiger partial charge in [-0.25, -0.2) is 9.97 Å². The fraction of sp³-hybridized carbons (Fsp3) is 0.300. The molecular formula is C20H25N3O. The summed E-state index contributed by atoms with van der Waals surface area (Å²) in [5.74, 6) is 0.822. The van der Waals surface area contributed by atoms with Gasteiger partial charge in [0.1, 0.15) is 12.1 Å². The van der Waals surface area contributed by atoms with Crippen molar-refractivity contribution < 1.29 is 4.74 Å². The monoisotopic (exact) mass is 323 g/mol. The van der Waals surface area contributed by atoms with Crippen molar-refractivity contribution in [1.29, 1.82) is 0 Å². The van der Waals surface area contributed by atoms with Gasteiger partial charge in [0.25, 0.3) is 0 Å². The minimum absolute atomic E-state index is 0.611. The number of aromatic nitrogens is 2. The molecule has 4 heteroatoms. The molecule has 1 aromatic carbocycles. The van der Waals surface area contributed by atoms with Crippen molar-refractivity contribution in [2.75, 3.05) is 6.61 Å². The summed E-state index contributed by atoms with van der Waals surface area (Å²) in [6.07, 6.45) is 4.52. The van der Waals surface area contributed by atoms with Gasteiger partial charge in [0.2, 0.25) is 0 Å². The Bertz CT molecular complexity index is 869. The molecule has 0 aliphatic carbocycles. The van der Waals surface area contributed by atoms with Crippen LogP contribution in [0.3, 0.4) is 0 Å². The number of allylic oxidation sites excluding steroid dienone is 1. The second-order valence-corrected chi connectivity index (χ2v) is 5.67. The molecule has 0 radical (unpaired) electrons.